The van der Waals surface area contributed by atoms with Gasteiger partial charge in [0.25, 0.3) is 0 Å². The van der Waals surface area contributed by atoms with E-state index in [1.54, 1.807) is 13.8 Å². The van der Waals surface area contributed by atoms with Crippen LogP contribution in [0.25, 0.3) is 0 Å². The molecule has 2 aliphatic rings. The van der Waals surface area contributed by atoms with Gasteiger partial charge in [0.1, 0.15) is 0 Å². The highest BCUT2D eigenvalue weighted by molar-refractivity contribution is 5.49. The molecule has 0 spiro atoms. The Hall–Kier alpha value is -1.26. The molecule has 0 aromatic heterocycles. The Kier molecular flexibility index (Phi) is 2.54. The lowest BCUT2D eigenvalue weighted by molar-refractivity contribution is -0.0191. The molecule has 23 heavy (non-hydrogen) atoms. The Balaban J connectivity index is 2.43. The van der Waals surface area contributed by atoms with Crippen molar-refractivity contribution >= 4 is 0 Å². The van der Waals surface area contributed by atoms with Crippen molar-refractivity contribution in [1.82, 2.24) is 4.90 Å². The summed E-state index contributed by atoms with van der Waals surface area (Å²) >= 11 is 0. The maximum atomic E-state index is 11.1. The maximum Gasteiger partial charge on any atom is 0.161 e. The van der Waals surface area contributed by atoms with Gasteiger partial charge >= 0.3 is 0 Å². The largest absolute Gasteiger partial charge is 0.493 e. The molecular weight excluding hydrogens is 290 g/mol. The Morgan fingerprint density at radius 2 is 2.04 bits per heavy atom. The number of ether oxygens (including phenoxy) is 2. The zero-order valence-electron chi connectivity index (χ0n) is 22.9. The minimum atomic E-state index is -3.20. The average molecular weight is 328 g/mol. The highest BCUT2D eigenvalue weighted by Crippen LogP contribution is 2.43. The fraction of sp³-hybridized carbons (Fsp3) is 0.684. The van der Waals surface area contributed by atoms with E-state index in [9.17, 15) is 6.48 Å². The van der Waals surface area contributed by atoms with Gasteiger partial charge in [0.05, 0.1) is 23.0 Å². The van der Waals surface area contributed by atoms with Crippen LogP contribution in [0.4, 0.5) is 0 Å². The molecule has 0 bridgehead atoms. The van der Waals surface area contributed by atoms with Gasteiger partial charge in [-0.3, -0.25) is 4.90 Å². The third-order valence-corrected chi connectivity index (χ3v) is 3.95. The summed E-state index contributed by atoms with van der Waals surface area (Å²) in [5.41, 5.74) is -0.634. The molecule has 128 valence electrons. The standard InChI is InChI=1S/C19H29NO3/c1-12(2)7-14-11-20-6-5-13-8-18(22-3)19(23-4)9-15(13)16(20)10-17(14)21/h8-9,12,14,16-17,21H,5-7,10-11H2,1-4H3/i5D2,6D2,10D2,14D,16D,17D. The second-order valence-corrected chi connectivity index (χ2v) is 6.10. The molecule has 4 heteroatoms. The zero-order valence-corrected chi connectivity index (χ0v) is 13.9. The molecule has 1 fully saturated rings. The molecule has 3 rings (SSSR count). The van der Waals surface area contributed by atoms with Crippen molar-refractivity contribution in [2.45, 2.75) is 45.1 Å². The number of aliphatic hydroxyl groups is 1. The van der Waals surface area contributed by atoms with Gasteiger partial charge in [-0.05, 0) is 54.2 Å². The molecular formula is C19H29NO3. The molecule has 1 aromatic rings. The van der Waals surface area contributed by atoms with Crippen molar-refractivity contribution in [1.29, 1.82) is 0 Å². The van der Waals surface area contributed by atoms with Gasteiger partial charge in [-0.25, -0.2) is 0 Å². The minimum absolute atomic E-state index is 0.0605. The summed E-state index contributed by atoms with van der Waals surface area (Å²) in [6.07, 6.45) is -9.20. The fourth-order valence-electron chi connectivity index (χ4n) is 2.88. The van der Waals surface area contributed by atoms with Gasteiger partial charge in [0, 0.05) is 28.7 Å². The first-order valence-electron chi connectivity index (χ1n) is 12.1. The van der Waals surface area contributed by atoms with E-state index >= 15 is 0 Å². The zero-order chi connectivity index (χ0) is 24.7. The first kappa shape index (κ1) is 8.72. The monoisotopic (exact) mass is 328 g/mol. The molecule has 1 saturated heterocycles. The Morgan fingerprint density at radius 1 is 1.35 bits per heavy atom. The molecule has 3 unspecified atom stereocenters. The molecule has 2 heterocycles. The van der Waals surface area contributed by atoms with Crippen molar-refractivity contribution in [2.75, 3.05) is 27.3 Å². The van der Waals surface area contributed by atoms with Gasteiger partial charge in [-0.15, -0.1) is 0 Å². The van der Waals surface area contributed by atoms with Crippen LogP contribution in [0, 0.1) is 11.8 Å². The molecule has 0 saturated carbocycles. The number of methoxy groups -OCH3 is 2. The van der Waals surface area contributed by atoms with E-state index in [1.165, 1.54) is 20.3 Å². The molecule has 3 atom stereocenters. The highest BCUT2D eigenvalue weighted by atomic mass is 16.5. The topological polar surface area (TPSA) is 41.9 Å². The van der Waals surface area contributed by atoms with E-state index in [0.717, 1.165) is 6.07 Å². The van der Waals surface area contributed by atoms with Gasteiger partial charge < -0.3 is 14.6 Å². The minimum Gasteiger partial charge on any atom is -0.493 e. The number of hydrogen-bond acceptors (Lipinski definition) is 4. The summed E-state index contributed by atoms with van der Waals surface area (Å²) in [6, 6.07) is -0.390. The van der Waals surface area contributed by atoms with Crippen LogP contribution in [0.5, 0.6) is 11.5 Å². The van der Waals surface area contributed by atoms with E-state index in [4.69, 9.17) is 20.4 Å². The van der Waals surface area contributed by atoms with E-state index < -0.39 is 43.8 Å². The Morgan fingerprint density at radius 3 is 2.70 bits per heavy atom. The number of fused-ring (bicyclic) bond motifs is 3. The van der Waals surface area contributed by atoms with Crippen molar-refractivity contribution < 1.29 is 26.9 Å². The normalized spacial score (nSPS) is 49.4. The summed E-state index contributed by atoms with van der Waals surface area (Å²) in [5, 5.41) is 11.1. The Bertz CT molecular complexity index is 924. The first-order chi connectivity index (χ1) is 14.4. The Labute approximate surface area is 152 Å². The van der Waals surface area contributed by atoms with Crippen LogP contribution < -0.4 is 9.47 Å². The van der Waals surface area contributed by atoms with Crippen LogP contribution in [0.1, 0.15) is 56.1 Å². The van der Waals surface area contributed by atoms with Crippen molar-refractivity contribution in [3.8, 4) is 11.5 Å². The summed E-state index contributed by atoms with van der Waals surface area (Å²) in [4.78, 5) is 0.645. The lowest BCUT2D eigenvalue weighted by Crippen LogP contribution is -2.48. The van der Waals surface area contributed by atoms with Crippen molar-refractivity contribution in [2.24, 2.45) is 11.8 Å². The highest BCUT2D eigenvalue weighted by Gasteiger charge is 2.38. The van der Waals surface area contributed by atoms with Crippen LogP contribution in [0.15, 0.2) is 12.1 Å². The molecule has 1 N–H and O–H groups in total. The van der Waals surface area contributed by atoms with E-state index in [-0.39, 0.29) is 35.0 Å². The van der Waals surface area contributed by atoms with Crippen LogP contribution in [0.2, 0.25) is 0 Å². The summed E-state index contributed by atoms with van der Waals surface area (Å²) in [6.45, 7) is -0.231. The molecule has 0 amide bonds. The van der Waals surface area contributed by atoms with Gasteiger partial charge in [-0.2, -0.15) is 0 Å². The van der Waals surface area contributed by atoms with Crippen molar-refractivity contribution in [3.63, 3.8) is 0 Å². The van der Waals surface area contributed by atoms with Crippen molar-refractivity contribution in [3.05, 3.63) is 23.3 Å². The summed E-state index contributed by atoms with van der Waals surface area (Å²) in [7, 11) is 2.62. The fourth-order valence-corrected chi connectivity index (χ4v) is 2.88. The van der Waals surface area contributed by atoms with E-state index in [1.807, 2.05) is 0 Å². The number of benzene rings is 1. The lowest BCUT2D eigenvalue weighted by Gasteiger charge is -2.46. The number of nitrogens with zero attached hydrogens (tertiary/aromatic N) is 1. The molecule has 0 radical (unpaired) electrons. The van der Waals surface area contributed by atoms with Gasteiger partial charge in [-0.1, -0.05) is 13.8 Å². The lowest BCUT2D eigenvalue weighted by atomic mass is 9.79. The SMILES string of the molecule is [2H]C1(CC(C)C)CN2C([2H])([2H])C([2H])([2H])c3cc(OC)c(OC)cc3C2([2H])C([2H])([2H])C1([2H])O. The summed E-state index contributed by atoms with van der Waals surface area (Å²) < 4.78 is 88.9. The molecule has 2 aliphatic heterocycles. The molecule has 4 nitrogen and oxygen atoms in total. The summed E-state index contributed by atoms with van der Waals surface area (Å²) in [5.74, 6) is -2.35. The predicted molar refractivity (Wildman–Crippen MR) is 91.1 cm³/mol. The number of piperidine rings is 1. The van der Waals surface area contributed by atoms with E-state index in [2.05, 4.69) is 0 Å². The number of hydrogen-bond donors (Lipinski definition) is 1. The van der Waals surface area contributed by atoms with Gasteiger partial charge in [0.15, 0.2) is 11.5 Å². The average Bonchev–Trinajstić information content (AvgIpc) is 2.67. The number of rotatable bonds is 4. The van der Waals surface area contributed by atoms with E-state index in [0.29, 0.717) is 4.90 Å². The van der Waals surface area contributed by atoms with Gasteiger partial charge in [0.2, 0.25) is 0 Å². The molecule has 0 aliphatic carbocycles. The van der Waals surface area contributed by atoms with Crippen LogP contribution >= 0.6 is 0 Å². The maximum absolute atomic E-state index is 11.1. The predicted octanol–water partition coefficient (Wildman–Crippen LogP) is 3.03. The molecule has 1 aromatic carbocycles. The van der Waals surface area contributed by atoms with Crippen LogP contribution in [-0.2, 0) is 6.37 Å². The third-order valence-electron chi connectivity index (χ3n) is 3.95. The third kappa shape index (κ3) is 3.20. The quantitative estimate of drug-likeness (QED) is 0.922. The van der Waals surface area contributed by atoms with Crippen LogP contribution in [-0.4, -0.2) is 43.3 Å². The first-order valence-corrected chi connectivity index (χ1v) is 7.64. The number of aryl methyl sites for hydroxylation is 1. The second-order valence-electron chi connectivity index (χ2n) is 6.10. The smallest absolute Gasteiger partial charge is 0.161 e. The van der Waals surface area contributed by atoms with Crippen LogP contribution in [0.3, 0.4) is 0 Å². The second kappa shape index (κ2) is 6.70.